The third-order valence-electron chi connectivity index (χ3n) is 4.16. The number of benzene rings is 3. The molecule has 0 aliphatic rings. The number of hydrogen-bond donors (Lipinski definition) is 2. The number of ether oxygens (including phenoxy) is 2. The summed E-state index contributed by atoms with van der Waals surface area (Å²) < 4.78 is 10.6. The second-order valence-corrected chi connectivity index (χ2v) is 6.37. The molecule has 0 unspecified atom stereocenters. The fourth-order valence-electron chi connectivity index (χ4n) is 2.79. The Morgan fingerprint density at radius 1 is 0.815 bits per heavy atom. The smallest absolute Gasteiger partial charge is 0.175 e. The number of rotatable bonds is 6. The summed E-state index contributed by atoms with van der Waals surface area (Å²) in [6.45, 7) is 0. The number of methoxy groups -OCH3 is 2. The van der Waals surface area contributed by atoms with E-state index in [2.05, 4.69) is 28.8 Å². The fourth-order valence-corrected chi connectivity index (χ4v) is 3.01. The Morgan fingerprint density at radius 2 is 1.52 bits per heavy atom. The first-order valence-electron chi connectivity index (χ1n) is 8.61. The van der Waals surface area contributed by atoms with Gasteiger partial charge in [-0.25, -0.2) is 0 Å². The van der Waals surface area contributed by atoms with Crippen molar-refractivity contribution in [3.8, 4) is 11.5 Å². The quantitative estimate of drug-likeness (QED) is 0.584. The van der Waals surface area contributed by atoms with Crippen LogP contribution in [0.25, 0.3) is 0 Å². The van der Waals surface area contributed by atoms with E-state index in [1.54, 1.807) is 14.2 Å². The summed E-state index contributed by atoms with van der Waals surface area (Å²) in [5, 5.41) is 6.98. The molecule has 2 N–H and O–H groups in total. The van der Waals surface area contributed by atoms with E-state index in [1.807, 2.05) is 54.6 Å². The van der Waals surface area contributed by atoms with E-state index in [4.69, 9.17) is 21.7 Å². The van der Waals surface area contributed by atoms with Crippen molar-refractivity contribution in [1.82, 2.24) is 0 Å². The van der Waals surface area contributed by atoms with Gasteiger partial charge in [0.15, 0.2) is 5.11 Å². The number of para-hydroxylation sites is 1. The second kappa shape index (κ2) is 9.05. The number of nitrogens with one attached hydrogen (secondary N) is 2. The van der Waals surface area contributed by atoms with Crippen LogP contribution in [0.1, 0.15) is 11.1 Å². The highest BCUT2D eigenvalue weighted by Gasteiger charge is 2.09. The summed E-state index contributed by atoms with van der Waals surface area (Å²) in [5.74, 6) is 1.39. The first-order chi connectivity index (χ1) is 13.2. The first kappa shape index (κ1) is 18.7. The molecule has 0 aliphatic carbocycles. The van der Waals surface area contributed by atoms with Crippen LogP contribution in [0.15, 0.2) is 72.8 Å². The van der Waals surface area contributed by atoms with Crippen LogP contribution in [-0.4, -0.2) is 19.3 Å². The van der Waals surface area contributed by atoms with Gasteiger partial charge < -0.3 is 20.1 Å². The zero-order valence-corrected chi connectivity index (χ0v) is 16.2. The number of anilines is 2. The highest BCUT2D eigenvalue weighted by Crippen LogP contribution is 2.29. The zero-order chi connectivity index (χ0) is 19.1. The predicted octanol–water partition coefficient (Wildman–Crippen LogP) is 5.10. The Labute approximate surface area is 165 Å². The van der Waals surface area contributed by atoms with Crippen molar-refractivity contribution in [1.29, 1.82) is 0 Å². The Bertz CT molecular complexity index is 913. The van der Waals surface area contributed by atoms with Crippen LogP contribution in [0.2, 0.25) is 0 Å². The topological polar surface area (TPSA) is 42.5 Å². The molecule has 0 saturated heterocycles. The van der Waals surface area contributed by atoms with Crippen LogP contribution >= 0.6 is 12.2 Å². The molecule has 0 saturated carbocycles. The van der Waals surface area contributed by atoms with Gasteiger partial charge in [-0.05, 0) is 48.0 Å². The van der Waals surface area contributed by atoms with Gasteiger partial charge in [-0.1, -0.05) is 48.5 Å². The first-order valence-corrected chi connectivity index (χ1v) is 9.02. The van der Waals surface area contributed by atoms with Crippen molar-refractivity contribution in [2.75, 3.05) is 24.9 Å². The van der Waals surface area contributed by atoms with Gasteiger partial charge in [0.2, 0.25) is 0 Å². The molecule has 0 heterocycles. The van der Waals surface area contributed by atoms with Gasteiger partial charge >= 0.3 is 0 Å². The molecule has 3 aromatic rings. The van der Waals surface area contributed by atoms with E-state index in [0.717, 1.165) is 23.5 Å². The van der Waals surface area contributed by atoms with Crippen molar-refractivity contribution in [3.05, 3.63) is 83.9 Å². The van der Waals surface area contributed by atoms with E-state index < -0.39 is 0 Å². The van der Waals surface area contributed by atoms with Gasteiger partial charge in [-0.15, -0.1) is 0 Å². The number of thiocarbonyl (C=S) groups is 1. The summed E-state index contributed by atoms with van der Waals surface area (Å²) in [4.78, 5) is 0. The molecule has 0 aromatic heterocycles. The van der Waals surface area contributed by atoms with Gasteiger partial charge in [0, 0.05) is 11.8 Å². The maximum absolute atomic E-state index is 5.50. The van der Waals surface area contributed by atoms with Gasteiger partial charge in [-0.2, -0.15) is 0 Å². The summed E-state index contributed by atoms with van der Waals surface area (Å²) in [7, 11) is 3.24. The molecule has 0 spiro atoms. The summed E-state index contributed by atoms with van der Waals surface area (Å²) in [6.07, 6.45) is 0.832. The monoisotopic (exact) mass is 378 g/mol. The Hall–Kier alpha value is -3.05. The van der Waals surface area contributed by atoms with E-state index in [9.17, 15) is 0 Å². The van der Waals surface area contributed by atoms with Crippen LogP contribution in [-0.2, 0) is 6.42 Å². The standard InChI is InChI=1S/C22H22N2O2S/c1-25-18-12-13-20(21(15-18)26-2)24-22(27)23-19-11-7-6-10-17(19)14-16-8-4-3-5-9-16/h3-13,15H,14H2,1-2H3,(H2,23,24,27). The van der Waals surface area contributed by atoms with Crippen LogP contribution in [0.4, 0.5) is 11.4 Å². The molecule has 0 amide bonds. The van der Waals surface area contributed by atoms with Crippen LogP contribution in [0.3, 0.4) is 0 Å². The Kier molecular flexibility index (Phi) is 6.28. The summed E-state index contributed by atoms with van der Waals surface area (Å²) >= 11 is 5.50. The molecule has 0 radical (unpaired) electrons. The molecule has 138 valence electrons. The van der Waals surface area contributed by atoms with Crippen LogP contribution in [0, 0.1) is 0 Å². The van der Waals surface area contributed by atoms with Crippen molar-refractivity contribution in [3.63, 3.8) is 0 Å². The molecule has 5 heteroatoms. The lowest BCUT2D eigenvalue weighted by Crippen LogP contribution is -2.20. The van der Waals surface area contributed by atoms with Crippen molar-refractivity contribution < 1.29 is 9.47 Å². The van der Waals surface area contributed by atoms with Crippen LogP contribution in [0.5, 0.6) is 11.5 Å². The molecule has 3 rings (SSSR count). The second-order valence-electron chi connectivity index (χ2n) is 5.96. The summed E-state index contributed by atoms with van der Waals surface area (Å²) in [5.41, 5.74) is 4.18. The third-order valence-corrected chi connectivity index (χ3v) is 4.36. The molecule has 0 aliphatic heterocycles. The van der Waals surface area contributed by atoms with E-state index in [0.29, 0.717) is 10.9 Å². The average molecular weight is 378 g/mol. The molecule has 0 fully saturated rings. The largest absolute Gasteiger partial charge is 0.497 e. The van der Waals surface area contributed by atoms with Crippen LogP contribution < -0.4 is 20.1 Å². The normalized spacial score (nSPS) is 10.1. The van der Waals surface area contributed by atoms with Gasteiger partial charge in [0.1, 0.15) is 11.5 Å². The fraction of sp³-hybridized carbons (Fsp3) is 0.136. The van der Waals surface area contributed by atoms with E-state index >= 15 is 0 Å². The van der Waals surface area contributed by atoms with E-state index in [-0.39, 0.29) is 0 Å². The van der Waals surface area contributed by atoms with Crippen molar-refractivity contribution >= 4 is 28.7 Å². The van der Waals surface area contributed by atoms with Gasteiger partial charge in [-0.3, -0.25) is 0 Å². The maximum atomic E-state index is 5.50. The Morgan fingerprint density at radius 3 is 2.26 bits per heavy atom. The van der Waals surface area contributed by atoms with Gasteiger partial charge in [0.05, 0.1) is 19.9 Å². The van der Waals surface area contributed by atoms with Gasteiger partial charge in [0.25, 0.3) is 0 Å². The lowest BCUT2D eigenvalue weighted by molar-refractivity contribution is 0.395. The SMILES string of the molecule is COc1ccc(NC(=S)Nc2ccccc2Cc2ccccc2)c(OC)c1. The maximum Gasteiger partial charge on any atom is 0.175 e. The molecular weight excluding hydrogens is 356 g/mol. The molecule has 0 atom stereocenters. The van der Waals surface area contributed by atoms with Crippen molar-refractivity contribution in [2.45, 2.75) is 6.42 Å². The lowest BCUT2D eigenvalue weighted by Gasteiger charge is -2.16. The minimum absolute atomic E-state index is 0.499. The summed E-state index contributed by atoms with van der Waals surface area (Å²) in [6, 6.07) is 24.1. The lowest BCUT2D eigenvalue weighted by atomic mass is 10.0. The third kappa shape index (κ3) is 4.99. The molecule has 4 nitrogen and oxygen atoms in total. The minimum Gasteiger partial charge on any atom is -0.497 e. The van der Waals surface area contributed by atoms with Crippen molar-refractivity contribution in [2.24, 2.45) is 0 Å². The average Bonchev–Trinajstić information content (AvgIpc) is 2.70. The molecular formula is C22H22N2O2S. The predicted molar refractivity (Wildman–Crippen MR) is 115 cm³/mol. The molecule has 0 bridgehead atoms. The molecule has 27 heavy (non-hydrogen) atoms. The minimum atomic E-state index is 0.499. The van der Waals surface area contributed by atoms with E-state index in [1.165, 1.54) is 11.1 Å². The zero-order valence-electron chi connectivity index (χ0n) is 15.4. The number of hydrogen-bond acceptors (Lipinski definition) is 3. The highest BCUT2D eigenvalue weighted by molar-refractivity contribution is 7.80. The molecule has 3 aromatic carbocycles. The highest BCUT2D eigenvalue weighted by atomic mass is 32.1. The Balaban J connectivity index is 1.73.